The molecule has 1 heterocycles. The molecule has 1 unspecified atom stereocenters. The van der Waals surface area contributed by atoms with E-state index in [9.17, 15) is 9.18 Å². The van der Waals surface area contributed by atoms with Crippen molar-refractivity contribution < 1.29 is 32.2 Å². The summed E-state index contributed by atoms with van der Waals surface area (Å²) in [6.45, 7) is 0. The molecule has 0 amide bonds. The Bertz CT molecular complexity index is 1810. The van der Waals surface area contributed by atoms with Crippen LogP contribution in [0.1, 0.15) is 27.0 Å². The molecule has 0 radical (unpaired) electrons. The number of imidazole rings is 1. The second kappa shape index (κ2) is 12.8. The summed E-state index contributed by atoms with van der Waals surface area (Å²) in [6, 6.07) is 18.4. The highest BCUT2D eigenvalue weighted by Gasteiger charge is 2.27. The van der Waals surface area contributed by atoms with E-state index in [1.54, 1.807) is 60.5 Å². The largest absolute Gasteiger partial charge is 0.494 e. The van der Waals surface area contributed by atoms with Crippen molar-refractivity contribution >= 4 is 30.4 Å². The van der Waals surface area contributed by atoms with E-state index in [2.05, 4.69) is 17.6 Å². The van der Waals surface area contributed by atoms with Gasteiger partial charge in [0.05, 0.1) is 32.3 Å². The zero-order chi connectivity index (χ0) is 31.5. The molecule has 226 valence electrons. The number of anilines is 2. The van der Waals surface area contributed by atoms with Gasteiger partial charge < -0.3 is 24.1 Å². The summed E-state index contributed by atoms with van der Waals surface area (Å²) in [7, 11) is 6.16. The first-order chi connectivity index (χ1) is 21.2. The molecule has 1 N–H and O–H groups in total. The number of H-pyrrole nitrogens is 1. The molecular formula is C33H28F3N3O4S. The van der Waals surface area contributed by atoms with Crippen LogP contribution in [0.3, 0.4) is 0 Å². The summed E-state index contributed by atoms with van der Waals surface area (Å²) < 4.78 is 61.4. The Balaban J connectivity index is 1.60. The highest BCUT2D eigenvalue weighted by molar-refractivity contribution is 7.80. The molecule has 7 nitrogen and oxygen atoms in total. The normalized spacial score (nSPS) is 11.6. The maximum atomic E-state index is 15.5. The molecule has 0 saturated heterocycles. The van der Waals surface area contributed by atoms with E-state index in [0.29, 0.717) is 57.2 Å². The predicted molar refractivity (Wildman–Crippen MR) is 166 cm³/mol. The Labute approximate surface area is 257 Å². The van der Waals surface area contributed by atoms with Gasteiger partial charge in [-0.1, -0.05) is 24.3 Å². The fourth-order valence-electron chi connectivity index (χ4n) is 4.83. The maximum Gasteiger partial charge on any atom is 0.165 e. The minimum atomic E-state index is -1.14. The number of aromatic amines is 1. The Morgan fingerprint density at radius 2 is 1.41 bits per heavy atom. The number of nitrogens with zero attached hydrogens (tertiary/aromatic N) is 2. The number of aromatic nitrogens is 2. The van der Waals surface area contributed by atoms with Crippen LogP contribution in [0.5, 0.6) is 17.2 Å². The molecule has 1 atom stereocenters. The third-order valence-electron chi connectivity index (χ3n) is 7.21. The van der Waals surface area contributed by atoms with E-state index in [4.69, 9.17) is 19.2 Å². The van der Waals surface area contributed by atoms with Gasteiger partial charge in [-0.15, -0.1) is 0 Å². The lowest BCUT2D eigenvalue weighted by Crippen LogP contribution is -2.11. The van der Waals surface area contributed by atoms with Crippen LogP contribution >= 0.6 is 12.6 Å². The van der Waals surface area contributed by atoms with Crippen LogP contribution in [-0.4, -0.2) is 44.6 Å². The van der Waals surface area contributed by atoms with Gasteiger partial charge in [0, 0.05) is 35.5 Å². The zero-order valence-electron chi connectivity index (χ0n) is 24.2. The summed E-state index contributed by atoms with van der Waals surface area (Å²) in [5.74, 6) is -0.665. The number of hydrogen-bond acceptors (Lipinski definition) is 7. The molecule has 0 aliphatic heterocycles. The minimum Gasteiger partial charge on any atom is -0.494 e. The van der Waals surface area contributed by atoms with E-state index in [1.165, 1.54) is 45.6 Å². The fourth-order valence-corrected chi connectivity index (χ4v) is 5.20. The van der Waals surface area contributed by atoms with E-state index in [1.807, 2.05) is 0 Å². The van der Waals surface area contributed by atoms with Gasteiger partial charge in [-0.05, 0) is 53.6 Å². The number of ether oxygens (including phenoxy) is 3. The highest BCUT2D eigenvalue weighted by Crippen LogP contribution is 2.41. The van der Waals surface area contributed by atoms with Gasteiger partial charge in [-0.25, -0.2) is 18.2 Å². The van der Waals surface area contributed by atoms with Crippen molar-refractivity contribution in [2.75, 3.05) is 33.3 Å². The predicted octanol–water partition coefficient (Wildman–Crippen LogP) is 7.79. The number of benzene rings is 4. The average molecular weight is 620 g/mol. The first-order valence-electron chi connectivity index (χ1n) is 13.3. The quantitative estimate of drug-likeness (QED) is 0.123. The Morgan fingerprint density at radius 1 is 0.773 bits per heavy atom. The third-order valence-corrected chi connectivity index (χ3v) is 7.71. The van der Waals surface area contributed by atoms with E-state index < -0.39 is 22.7 Å². The highest BCUT2D eigenvalue weighted by atomic mass is 32.1. The molecule has 1 aromatic heterocycles. The van der Waals surface area contributed by atoms with E-state index in [0.717, 1.165) is 0 Å². The number of methoxy groups -OCH3 is 3. The number of carbonyl (C=O) groups is 1. The van der Waals surface area contributed by atoms with Crippen molar-refractivity contribution in [2.24, 2.45) is 0 Å². The van der Waals surface area contributed by atoms with Crippen LogP contribution in [0.15, 0.2) is 72.8 Å². The molecule has 4 aromatic carbocycles. The lowest BCUT2D eigenvalue weighted by molar-refractivity contribution is 0.112. The van der Waals surface area contributed by atoms with Crippen molar-refractivity contribution in [1.29, 1.82) is 0 Å². The number of nitrogens with one attached hydrogen (secondary N) is 1. The summed E-state index contributed by atoms with van der Waals surface area (Å²) in [6.07, 6.45) is 0.690. The molecule has 0 aliphatic carbocycles. The number of halogens is 3. The Hall–Kier alpha value is -4.90. The van der Waals surface area contributed by atoms with Crippen LogP contribution in [0, 0.1) is 17.5 Å². The lowest BCUT2D eigenvalue weighted by Gasteiger charge is -2.20. The number of carbonyl (C=O) groups excluding carboxylic acids is 1. The Kier molecular flexibility index (Phi) is 8.86. The van der Waals surface area contributed by atoms with Crippen molar-refractivity contribution in [3.05, 3.63) is 107 Å². The van der Waals surface area contributed by atoms with Gasteiger partial charge in [0.25, 0.3) is 0 Å². The molecule has 0 fully saturated rings. The molecular weight excluding hydrogens is 591 g/mol. The van der Waals surface area contributed by atoms with Crippen molar-refractivity contribution in [3.8, 4) is 39.6 Å². The molecule has 0 bridgehead atoms. The summed E-state index contributed by atoms with van der Waals surface area (Å²) in [5.41, 5.74) is 2.59. The number of thiol groups is 1. The molecule has 44 heavy (non-hydrogen) atoms. The van der Waals surface area contributed by atoms with E-state index in [-0.39, 0.29) is 17.1 Å². The van der Waals surface area contributed by atoms with Crippen LogP contribution in [0.2, 0.25) is 0 Å². The first-order valence-corrected chi connectivity index (χ1v) is 13.8. The van der Waals surface area contributed by atoms with Crippen molar-refractivity contribution in [1.82, 2.24) is 9.97 Å². The SMILES string of the molecule is COc1cc(-c2[nH]c(C(S)c3c(F)cc(-c4ccc(C=O)cc4)cc3F)nc2N(C)c2ccc(OC)c(OC)c2)ccc1F. The lowest BCUT2D eigenvalue weighted by atomic mass is 10.00. The van der Waals surface area contributed by atoms with Gasteiger partial charge >= 0.3 is 0 Å². The Morgan fingerprint density at radius 3 is 2.02 bits per heavy atom. The first kappa shape index (κ1) is 30.6. The molecule has 0 spiro atoms. The van der Waals surface area contributed by atoms with Gasteiger partial charge in [0.2, 0.25) is 0 Å². The van der Waals surface area contributed by atoms with Gasteiger partial charge in [0.15, 0.2) is 28.9 Å². The maximum absolute atomic E-state index is 15.5. The molecule has 11 heteroatoms. The third kappa shape index (κ3) is 5.83. The monoisotopic (exact) mass is 619 g/mol. The number of aldehydes is 1. The van der Waals surface area contributed by atoms with Gasteiger partial charge in [-0.3, -0.25) is 4.79 Å². The van der Waals surface area contributed by atoms with Crippen molar-refractivity contribution in [3.63, 3.8) is 0 Å². The number of hydrogen-bond donors (Lipinski definition) is 2. The topological polar surface area (TPSA) is 76.7 Å². The van der Waals surface area contributed by atoms with Crippen LogP contribution in [0.25, 0.3) is 22.4 Å². The van der Waals surface area contributed by atoms with Crippen LogP contribution in [-0.2, 0) is 0 Å². The van der Waals surface area contributed by atoms with Gasteiger partial charge in [0.1, 0.15) is 23.7 Å². The number of rotatable bonds is 10. The second-order valence-corrected chi connectivity index (χ2v) is 10.3. The molecule has 0 saturated carbocycles. The molecule has 0 aliphatic rings. The summed E-state index contributed by atoms with van der Waals surface area (Å²) >= 11 is 4.59. The summed E-state index contributed by atoms with van der Waals surface area (Å²) in [5, 5.41) is -1.14. The average Bonchev–Trinajstić information content (AvgIpc) is 3.49. The second-order valence-electron chi connectivity index (χ2n) is 9.76. The minimum absolute atomic E-state index is 0.00893. The molecule has 5 rings (SSSR count). The van der Waals surface area contributed by atoms with Crippen molar-refractivity contribution in [2.45, 2.75) is 5.25 Å². The van der Waals surface area contributed by atoms with Gasteiger partial charge in [-0.2, -0.15) is 12.6 Å². The van der Waals surface area contributed by atoms with E-state index >= 15 is 8.78 Å². The standard InChI is InChI=1S/C33H28F3N3O4S/c1-39(22-10-12-26(41-2)28(16-22)43-4)33-30(20-9-11-23(34)27(15-20)42-3)37-32(38-33)31(44)29-24(35)13-21(14-25(29)36)19-7-5-18(17-40)6-8-19/h5-17,31,44H,1-4H3,(H,37,38). The molecule has 5 aromatic rings. The smallest absolute Gasteiger partial charge is 0.165 e. The summed E-state index contributed by atoms with van der Waals surface area (Å²) in [4.78, 5) is 20.6. The van der Waals surface area contributed by atoms with Crippen LogP contribution in [0.4, 0.5) is 24.7 Å². The fraction of sp³-hybridized carbons (Fsp3) is 0.152. The van der Waals surface area contributed by atoms with Crippen LogP contribution < -0.4 is 19.1 Å². The zero-order valence-corrected chi connectivity index (χ0v) is 25.1.